The minimum Gasteiger partial charge on any atom is -0.481 e. The Morgan fingerprint density at radius 3 is 2.30 bits per heavy atom. The molecule has 0 aromatic heterocycles. The van der Waals surface area contributed by atoms with E-state index in [-0.39, 0.29) is 25.0 Å². The molecule has 0 aromatic carbocycles. The number of aliphatic carboxylic acids is 1. The molecule has 1 unspecified atom stereocenters. The zero-order valence-corrected chi connectivity index (χ0v) is 12.4. The third-order valence-electron chi connectivity index (χ3n) is 3.85. The molecule has 1 rings (SSSR count). The van der Waals surface area contributed by atoms with Gasteiger partial charge in [0.25, 0.3) is 0 Å². The second-order valence-electron chi connectivity index (χ2n) is 5.98. The summed E-state index contributed by atoms with van der Waals surface area (Å²) in [5.41, 5.74) is -1.42. The number of carbonyl (C=O) groups excluding carboxylic acids is 1. The molecule has 0 radical (unpaired) electrons. The van der Waals surface area contributed by atoms with Gasteiger partial charge in [0, 0.05) is 19.6 Å². The van der Waals surface area contributed by atoms with Gasteiger partial charge in [-0.1, -0.05) is 25.7 Å². The van der Waals surface area contributed by atoms with Gasteiger partial charge in [-0.3, -0.25) is 4.79 Å². The van der Waals surface area contributed by atoms with Gasteiger partial charge in [0.05, 0.1) is 12.0 Å². The van der Waals surface area contributed by atoms with E-state index in [0.29, 0.717) is 0 Å². The van der Waals surface area contributed by atoms with Gasteiger partial charge in [0.15, 0.2) is 0 Å². The van der Waals surface area contributed by atoms with Crippen LogP contribution in [0.1, 0.15) is 51.9 Å². The van der Waals surface area contributed by atoms with Crippen LogP contribution in [-0.2, 0) is 4.79 Å². The Bertz CT molecular complexity index is 336. The predicted octanol–water partition coefficient (Wildman–Crippen LogP) is 1.58. The molecule has 1 aliphatic carbocycles. The van der Waals surface area contributed by atoms with Gasteiger partial charge < -0.3 is 20.4 Å². The molecular formula is C14H26N2O4. The number of carboxylic acid groups (broad SMARTS) is 1. The lowest BCUT2D eigenvalue weighted by Gasteiger charge is -2.29. The summed E-state index contributed by atoms with van der Waals surface area (Å²) in [6, 6.07) is -0.00973. The first-order valence-electron chi connectivity index (χ1n) is 7.27. The lowest BCUT2D eigenvalue weighted by molar-refractivity contribution is -0.141. The summed E-state index contributed by atoms with van der Waals surface area (Å²) in [4.78, 5) is 24.3. The highest BCUT2D eigenvalue weighted by atomic mass is 16.4. The van der Waals surface area contributed by atoms with Crippen molar-refractivity contribution in [2.24, 2.45) is 0 Å². The second-order valence-corrected chi connectivity index (χ2v) is 5.98. The van der Waals surface area contributed by atoms with Crippen molar-refractivity contribution in [1.29, 1.82) is 0 Å². The summed E-state index contributed by atoms with van der Waals surface area (Å²) >= 11 is 0. The van der Waals surface area contributed by atoms with Crippen molar-refractivity contribution in [2.75, 3.05) is 13.6 Å². The zero-order valence-electron chi connectivity index (χ0n) is 12.4. The van der Waals surface area contributed by atoms with Gasteiger partial charge in [0.1, 0.15) is 0 Å². The zero-order chi connectivity index (χ0) is 15.2. The quantitative estimate of drug-likeness (QED) is 0.669. The summed E-state index contributed by atoms with van der Waals surface area (Å²) in [5, 5.41) is 21.2. The molecule has 1 aliphatic rings. The highest BCUT2D eigenvalue weighted by Gasteiger charge is 2.27. The number of hydrogen-bond donors (Lipinski definition) is 3. The van der Waals surface area contributed by atoms with Crippen LogP contribution in [0.3, 0.4) is 0 Å². The first-order valence-corrected chi connectivity index (χ1v) is 7.27. The number of nitrogens with one attached hydrogen (secondary N) is 1. The van der Waals surface area contributed by atoms with E-state index in [2.05, 4.69) is 5.32 Å². The molecule has 116 valence electrons. The Morgan fingerprint density at radius 2 is 1.80 bits per heavy atom. The Hall–Kier alpha value is -1.30. The normalized spacial score (nSPS) is 19.8. The predicted molar refractivity (Wildman–Crippen MR) is 75.5 cm³/mol. The number of carboxylic acids is 1. The number of nitrogens with zero attached hydrogens (tertiary/aromatic N) is 1. The molecule has 0 saturated heterocycles. The van der Waals surface area contributed by atoms with Crippen molar-refractivity contribution in [1.82, 2.24) is 10.2 Å². The van der Waals surface area contributed by atoms with Crippen LogP contribution in [0, 0.1) is 0 Å². The van der Waals surface area contributed by atoms with Crippen molar-refractivity contribution in [3.63, 3.8) is 0 Å². The smallest absolute Gasteiger partial charge is 0.317 e. The third kappa shape index (κ3) is 5.77. The molecular weight excluding hydrogens is 260 g/mol. The number of rotatable bonds is 5. The van der Waals surface area contributed by atoms with Gasteiger partial charge in [0.2, 0.25) is 0 Å². The van der Waals surface area contributed by atoms with E-state index in [1.807, 2.05) is 0 Å². The summed E-state index contributed by atoms with van der Waals surface area (Å²) in [5.74, 6) is -1.08. The maximum atomic E-state index is 12.0. The van der Waals surface area contributed by atoms with Gasteiger partial charge in [-0.15, -0.1) is 0 Å². The molecule has 1 atom stereocenters. The van der Waals surface area contributed by atoms with Crippen LogP contribution in [-0.4, -0.2) is 52.3 Å². The van der Waals surface area contributed by atoms with Crippen LogP contribution in [0.25, 0.3) is 0 Å². The second kappa shape index (κ2) is 7.47. The van der Waals surface area contributed by atoms with Crippen LogP contribution in [0.4, 0.5) is 4.79 Å². The highest BCUT2D eigenvalue weighted by molar-refractivity contribution is 5.74. The van der Waals surface area contributed by atoms with Crippen LogP contribution < -0.4 is 5.32 Å². The first-order chi connectivity index (χ1) is 9.32. The lowest BCUT2D eigenvalue weighted by Crippen LogP contribution is -2.49. The van der Waals surface area contributed by atoms with Crippen molar-refractivity contribution in [3.8, 4) is 0 Å². The average molecular weight is 286 g/mol. The van der Waals surface area contributed by atoms with E-state index >= 15 is 0 Å². The van der Waals surface area contributed by atoms with Crippen LogP contribution in [0.15, 0.2) is 0 Å². The molecule has 1 fully saturated rings. The molecule has 0 heterocycles. The minimum absolute atomic E-state index is 0.0603. The molecule has 3 N–H and O–H groups in total. The Morgan fingerprint density at radius 1 is 1.25 bits per heavy atom. The summed E-state index contributed by atoms with van der Waals surface area (Å²) < 4.78 is 0. The van der Waals surface area contributed by atoms with Gasteiger partial charge in [-0.2, -0.15) is 0 Å². The molecule has 6 nitrogen and oxygen atoms in total. The fourth-order valence-corrected chi connectivity index (χ4v) is 2.59. The van der Waals surface area contributed by atoms with Crippen LogP contribution in [0.5, 0.6) is 0 Å². The first kappa shape index (κ1) is 16.8. The van der Waals surface area contributed by atoms with Gasteiger partial charge in [-0.05, 0) is 19.8 Å². The van der Waals surface area contributed by atoms with E-state index in [0.717, 1.165) is 25.7 Å². The lowest BCUT2D eigenvalue weighted by atomic mass is 10.0. The molecule has 2 amide bonds. The van der Waals surface area contributed by atoms with Gasteiger partial charge in [-0.25, -0.2) is 4.79 Å². The van der Waals surface area contributed by atoms with Crippen molar-refractivity contribution < 1.29 is 19.8 Å². The molecule has 20 heavy (non-hydrogen) atoms. The molecule has 0 bridgehead atoms. The molecule has 0 aliphatic heterocycles. The van der Waals surface area contributed by atoms with E-state index in [1.54, 1.807) is 11.9 Å². The Balaban J connectivity index is 2.42. The van der Waals surface area contributed by atoms with Crippen molar-refractivity contribution in [3.05, 3.63) is 0 Å². The summed E-state index contributed by atoms with van der Waals surface area (Å²) in [6.45, 7) is 1.35. The van der Waals surface area contributed by atoms with Crippen LogP contribution in [0.2, 0.25) is 0 Å². The van der Waals surface area contributed by atoms with E-state index < -0.39 is 11.6 Å². The number of amides is 2. The maximum absolute atomic E-state index is 12.0. The largest absolute Gasteiger partial charge is 0.481 e. The molecule has 0 spiro atoms. The van der Waals surface area contributed by atoms with E-state index in [1.165, 1.54) is 19.8 Å². The fraction of sp³-hybridized carbons (Fsp3) is 0.857. The molecule has 6 heteroatoms. The average Bonchev–Trinajstić information content (AvgIpc) is 2.62. The van der Waals surface area contributed by atoms with E-state index in [4.69, 9.17) is 5.11 Å². The number of hydrogen-bond acceptors (Lipinski definition) is 3. The number of aliphatic hydroxyl groups is 1. The third-order valence-corrected chi connectivity index (χ3v) is 3.85. The SMILES string of the molecule is CN(C(=O)NCC(C)(O)CC(=O)O)C1CCCCCC1. The number of carbonyl (C=O) groups is 2. The van der Waals surface area contributed by atoms with Crippen molar-refractivity contribution in [2.45, 2.75) is 63.5 Å². The highest BCUT2D eigenvalue weighted by Crippen LogP contribution is 2.21. The fourth-order valence-electron chi connectivity index (χ4n) is 2.59. The summed E-state index contributed by atoms with van der Waals surface area (Å²) in [7, 11) is 1.76. The number of urea groups is 1. The molecule has 0 aromatic rings. The molecule has 1 saturated carbocycles. The Labute approximate surface area is 120 Å². The maximum Gasteiger partial charge on any atom is 0.317 e. The van der Waals surface area contributed by atoms with Crippen molar-refractivity contribution >= 4 is 12.0 Å². The topological polar surface area (TPSA) is 89.9 Å². The van der Waals surface area contributed by atoms with Gasteiger partial charge >= 0.3 is 12.0 Å². The standard InChI is InChI=1S/C14H26N2O4/c1-14(20,9-12(17)18)10-15-13(19)16(2)11-7-5-3-4-6-8-11/h11,20H,3-10H2,1-2H3,(H,15,19)(H,17,18). The van der Waals surface area contributed by atoms with E-state index in [9.17, 15) is 14.7 Å². The summed E-state index contributed by atoms with van der Waals surface area (Å²) in [6.07, 6.45) is 6.35. The monoisotopic (exact) mass is 286 g/mol. The Kier molecular flexibility index (Phi) is 6.26. The van der Waals surface area contributed by atoms with Crippen LogP contribution >= 0.6 is 0 Å². The minimum atomic E-state index is -1.42.